The van der Waals surface area contributed by atoms with E-state index in [9.17, 15) is 4.39 Å². The van der Waals surface area contributed by atoms with Gasteiger partial charge < -0.3 is 10.8 Å². The normalized spacial score (nSPS) is 12.9. The summed E-state index contributed by atoms with van der Waals surface area (Å²) >= 11 is 0. The average molecular weight is 184 g/mol. The molecule has 3 N–H and O–H groups in total. The maximum Gasteiger partial charge on any atom is 0.213 e. The summed E-state index contributed by atoms with van der Waals surface area (Å²) in [6.07, 6.45) is 1.89. The zero-order valence-electron chi connectivity index (χ0n) is 7.50. The van der Waals surface area contributed by atoms with Gasteiger partial charge in [0.15, 0.2) is 0 Å². The van der Waals surface area contributed by atoms with Crippen LogP contribution in [0.4, 0.5) is 4.39 Å². The summed E-state index contributed by atoms with van der Waals surface area (Å²) in [5.74, 6) is -0.502. The fourth-order valence-electron chi connectivity index (χ4n) is 1.22. The number of hydrogen-bond acceptors (Lipinski definition) is 3. The second kappa shape index (κ2) is 4.30. The van der Waals surface area contributed by atoms with Crippen molar-refractivity contribution in [2.45, 2.75) is 19.4 Å². The molecule has 0 bridgehead atoms. The smallest absolute Gasteiger partial charge is 0.213 e. The molecule has 0 aliphatic rings. The molecule has 1 rings (SSSR count). The molecule has 1 heterocycles. The van der Waals surface area contributed by atoms with E-state index < -0.39 is 5.95 Å². The fourth-order valence-corrected chi connectivity index (χ4v) is 1.22. The predicted molar refractivity (Wildman–Crippen MR) is 47.6 cm³/mol. The molecule has 1 aromatic rings. The van der Waals surface area contributed by atoms with E-state index in [1.807, 2.05) is 0 Å². The van der Waals surface area contributed by atoms with Gasteiger partial charge in [-0.3, -0.25) is 0 Å². The summed E-state index contributed by atoms with van der Waals surface area (Å²) in [6.45, 7) is 1.80. The van der Waals surface area contributed by atoms with Crippen LogP contribution in [-0.4, -0.2) is 16.7 Å². The highest BCUT2D eigenvalue weighted by Gasteiger charge is 2.09. The van der Waals surface area contributed by atoms with Gasteiger partial charge in [0.25, 0.3) is 0 Å². The lowest BCUT2D eigenvalue weighted by atomic mass is 10.0. The first-order valence-electron chi connectivity index (χ1n) is 4.13. The lowest BCUT2D eigenvalue weighted by Crippen LogP contribution is -2.13. The van der Waals surface area contributed by atoms with Crippen LogP contribution in [0, 0.1) is 12.9 Å². The molecule has 0 saturated carbocycles. The van der Waals surface area contributed by atoms with Crippen molar-refractivity contribution in [2.24, 2.45) is 5.73 Å². The summed E-state index contributed by atoms with van der Waals surface area (Å²) < 4.78 is 12.6. The van der Waals surface area contributed by atoms with Crippen LogP contribution in [0.25, 0.3) is 0 Å². The zero-order chi connectivity index (χ0) is 9.84. The molecular weight excluding hydrogens is 171 g/mol. The Labute approximate surface area is 76.4 Å². The van der Waals surface area contributed by atoms with E-state index in [1.54, 1.807) is 6.92 Å². The first-order chi connectivity index (χ1) is 6.15. The van der Waals surface area contributed by atoms with Gasteiger partial charge in [-0.15, -0.1) is 0 Å². The Hall–Kier alpha value is -1.00. The predicted octanol–water partition coefficient (Wildman–Crippen LogP) is 0.911. The molecule has 0 saturated heterocycles. The van der Waals surface area contributed by atoms with Gasteiger partial charge in [-0.1, -0.05) is 0 Å². The number of hydrogen-bond donors (Lipinski definition) is 2. The van der Waals surface area contributed by atoms with Crippen molar-refractivity contribution in [1.29, 1.82) is 0 Å². The standard InChI is InChI=1S/C9H13FN2O/c1-6-4-9(10)12-5-7(6)8(11)2-3-13/h4-5,8,13H,2-3,11H2,1H3/t8-/m1/s1. The molecule has 4 heteroatoms. The number of aromatic nitrogens is 1. The van der Waals surface area contributed by atoms with E-state index in [0.717, 1.165) is 11.1 Å². The van der Waals surface area contributed by atoms with Crippen molar-refractivity contribution >= 4 is 0 Å². The minimum Gasteiger partial charge on any atom is -0.396 e. The van der Waals surface area contributed by atoms with Gasteiger partial charge >= 0.3 is 0 Å². The number of rotatable bonds is 3. The van der Waals surface area contributed by atoms with Gasteiger partial charge in [0.1, 0.15) is 0 Å². The largest absolute Gasteiger partial charge is 0.396 e. The third kappa shape index (κ3) is 2.47. The number of aryl methyl sites for hydroxylation is 1. The summed E-state index contributed by atoms with van der Waals surface area (Å²) in [6, 6.07) is 1.07. The Morgan fingerprint density at radius 1 is 1.69 bits per heavy atom. The highest BCUT2D eigenvalue weighted by molar-refractivity contribution is 5.25. The Kier molecular flexibility index (Phi) is 3.33. The highest BCUT2D eigenvalue weighted by atomic mass is 19.1. The Balaban J connectivity index is 2.88. The van der Waals surface area contributed by atoms with Crippen LogP contribution < -0.4 is 5.73 Å². The van der Waals surface area contributed by atoms with E-state index >= 15 is 0 Å². The fraction of sp³-hybridized carbons (Fsp3) is 0.444. The first-order valence-corrected chi connectivity index (χ1v) is 4.13. The third-order valence-electron chi connectivity index (χ3n) is 1.96. The molecule has 0 unspecified atom stereocenters. The summed E-state index contributed by atoms with van der Waals surface area (Å²) in [5.41, 5.74) is 7.29. The number of nitrogens with two attached hydrogens (primary N) is 1. The maximum absolute atomic E-state index is 12.6. The van der Waals surface area contributed by atoms with E-state index in [2.05, 4.69) is 4.98 Å². The first kappa shape index (κ1) is 10.1. The molecule has 13 heavy (non-hydrogen) atoms. The number of aliphatic hydroxyl groups excluding tert-OH is 1. The zero-order valence-corrected chi connectivity index (χ0v) is 7.50. The molecular formula is C9H13FN2O. The topological polar surface area (TPSA) is 59.1 Å². The minimum absolute atomic E-state index is 0.0258. The Bertz CT molecular complexity index is 291. The van der Waals surface area contributed by atoms with Crippen molar-refractivity contribution in [1.82, 2.24) is 4.98 Å². The van der Waals surface area contributed by atoms with Gasteiger partial charge in [0.2, 0.25) is 5.95 Å². The summed E-state index contributed by atoms with van der Waals surface area (Å²) in [4.78, 5) is 3.51. The molecule has 0 aromatic carbocycles. The molecule has 72 valence electrons. The second-order valence-electron chi connectivity index (χ2n) is 2.98. The lowest BCUT2D eigenvalue weighted by Gasteiger charge is -2.12. The van der Waals surface area contributed by atoms with Crippen LogP contribution in [-0.2, 0) is 0 Å². The van der Waals surface area contributed by atoms with Crippen LogP contribution >= 0.6 is 0 Å². The molecule has 0 aliphatic carbocycles. The molecule has 0 fully saturated rings. The van der Waals surface area contributed by atoms with Crippen molar-refractivity contribution < 1.29 is 9.50 Å². The van der Waals surface area contributed by atoms with E-state index in [0.29, 0.717) is 6.42 Å². The Morgan fingerprint density at radius 2 is 2.38 bits per heavy atom. The third-order valence-corrected chi connectivity index (χ3v) is 1.96. The summed E-state index contributed by atoms with van der Waals surface area (Å²) in [5, 5.41) is 8.67. The second-order valence-corrected chi connectivity index (χ2v) is 2.98. The summed E-state index contributed by atoms with van der Waals surface area (Å²) in [7, 11) is 0. The van der Waals surface area contributed by atoms with Gasteiger partial charge in [-0.05, 0) is 30.5 Å². The number of nitrogens with zero attached hydrogens (tertiary/aromatic N) is 1. The quantitative estimate of drug-likeness (QED) is 0.686. The van der Waals surface area contributed by atoms with Crippen LogP contribution in [0.1, 0.15) is 23.6 Å². The molecule has 0 amide bonds. The van der Waals surface area contributed by atoms with Crippen LogP contribution in [0.3, 0.4) is 0 Å². The number of pyridine rings is 1. The molecule has 1 atom stereocenters. The van der Waals surface area contributed by atoms with E-state index in [1.165, 1.54) is 12.3 Å². The van der Waals surface area contributed by atoms with Gasteiger partial charge in [-0.25, -0.2) is 4.98 Å². The van der Waals surface area contributed by atoms with Gasteiger partial charge in [-0.2, -0.15) is 4.39 Å². The Morgan fingerprint density at radius 3 is 2.92 bits per heavy atom. The number of halogens is 1. The van der Waals surface area contributed by atoms with Crippen LogP contribution in [0.5, 0.6) is 0 Å². The van der Waals surface area contributed by atoms with Crippen molar-refractivity contribution in [2.75, 3.05) is 6.61 Å². The van der Waals surface area contributed by atoms with E-state index in [-0.39, 0.29) is 12.6 Å². The number of aliphatic hydroxyl groups is 1. The monoisotopic (exact) mass is 184 g/mol. The van der Waals surface area contributed by atoms with E-state index in [4.69, 9.17) is 10.8 Å². The molecule has 0 aliphatic heterocycles. The maximum atomic E-state index is 12.6. The average Bonchev–Trinajstić information content (AvgIpc) is 2.04. The van der Waals surface area contributed by atoms with Crippen molar-refractivity contribution in [3.8, 4) is 0 Å². The molecule has 0 radical (unpaired) electrons. The van der Waals surface area contributed by atoms with Crippen molar-refractivity contribution in [3.05, 3.63) is 29.3 Å². The van der Waals surface area contributed by atoms with Gasteiger partial charge in [0, 0.05) is 18.8 Å². The highest BCUT2D eigenvalue weighted by Crippen LogP contribution is 2.17. The minimum atomic E-state index is -0.502. The van der Waals surface area contributed by atoms with Crippen LogP contribution in [0.2, 0.25) is 0 Å². The van der Waals surface area contributed by atoms with Gasteiger partial charge in [0.05, 0.1) is 0 Å². The SMILES string of the molecule is Cc1cc(F)ncc1[C@H](N)CCO. The molecule has 0 spiro atoms. The van der Waals surface area contributed by atoms with Crippen molar-refractivity contribution in [3.63, 3.8) is 0 Å². The lowest BCUT2D eigenvalue weighted by molar-refractivity contribution is 0.276. The molecule has 3 nitrogen and oxygen atoms in total. The van der Waals surface area contributed by atoms with Crippen LogP contribution in [0.15, 0.2) is 12.3 Å². The molecule has 1 aromatic heterocycles.